The van der Waals surface area contributed by atoms with Crippen molar-refractivity contribution in [3.05, 3.63) is 71.0 Å². The number of carbonyl (C=O) groups excluding carboxylic acids is 2. The van der Waals surface area contributed by atoms with Gasteiger partial charge in [0.05, 0.1) is 11.6 Å². The third-order valence-electron chi connectivity index (χ3n) is 5.53. The van der Waals surface area contributed by atoms with Crippen LogP contribution in [0.15, 0.2) is 54.9 Å². The summed E-state index contributed by atoms with van der Waals surface area (Å²) in [6.45, 7) is 3.60. The molecule has 3 heterocycles. The number of carbonyl (C=O) groups is 2. The number of rotatable bonds is 6. The number of nitrogens with one attached hydrogen (secondary N) is 1. The van der Waals surface area contributed by atoms with E-state index in [2.05, 4.69) is 27.4 Å². The minimum atomic E-state index is -0.167. The SMILES string of the molecule is Cc1nc(-c2cccnc2)sc1C(=O)N1CCCC(C(=O)NCCc2ccccc2)C1. The molecule has 0 bridgehead atoms. The van der Waals surface area contributed by atoms with E-state index in [1.165, 1.54) is 16.9 Å². The number of likely N-dealkylation sites (tertiary alicyclic amines) is 1. The Bertz CT molecular complexity index is 1040. The van der Waals surface area contributed by atoms with Gasteiger partial charge in [-0.3, -0.25) is 14.6 Å². The summed E-state index contributed by atoms with van der Waals surface area (Å²) in [5, 5.41) is 3.84. The molecule has 0 aliphatic carbocycles. The van der Waals surface area contributed by atoms with Gasteiger partial charge in [-0.05, 0) is 43.9 Å². The highest BCUT2D eigenvalue weighted by Crippen LogP contribution is 2.29. The van der Waals surface area contributed by atoms with Crippen LogP contribution in [0.5, 0.6) is 0 Å². The van der Waals surface area contributed by atoms with Crippen molar-refractivity contribution < 1.29 is 9.59 Å². The van der Waals surface area contributed by atoms with Gasteiger partial charge in [-0.1, -0.05) is 30.3 Å². The van der Waals surface area contributed by atoms with Crippen LogP contribution in [0.25, 0.3) is 10.6 Å². The number of nitrogens with zero attached hydrogens (tertiary/aromatic N) is 3. The van der Waals surface area contributed by atoms with Gasteiger partial charge in [0, 0.05) is 37.6 Å². The van der Waals surface area contributed by atoms with Gasteiger partial charge in [-0.25, -0.2) is 4.98 Å². The molecule has 1 N–H and O–H groups in total. The van der Waals surface area contributed by atoms with Crippen LogP contribution in [0, 0.1) is 12.8 Å². The predicted octanol–water partition coefficient (Wildman–Crippen LogP) is 3.72. The highest BCUT2D eigenvalue weighted by atomic mass is 32.1. The minimum Gasteiger partial charge on any atom is -0.355 e. The molecule has 160 valence electrons. The van der Waals surface area contributed by atoms with E-state index in [1.807, 2.05) is 37.3 Å². The van der Waals surface area contributed by atoms with Crippen molar-refractivity contribution in [1.29, 1.82) is 0 Å². The van der Waals surface area contributed by atoms with E-state index in [-0.39, 0.29) is 17.7 Å². The smallest absolute Gasteiger partial charge is 0.265 e. The zero-order chi connectivity index (χ0) is 21.6. The molecule has 1 aromatic carbocycles. The van der Waals surface area contributed by atoms with Crippen molar-refractivity contribution >= 4 is 23.2 Å². The molecule has 1 unspecified atom stereocenters. The minimum absolute atomic E-state index is 0.0329. The second-order valence-corrected chi connectivity index (χ2v) is 8.79. The Labute approximate surface area is 186 Å². The number of aryl methyl sites for hydroxylation is 1. The predicted molar refractivity (Wildman–Crippen MR) is 122 cm³/mol. The Hall–Kier alpha value is -3.06. The summed E-state index contributed by atoms with van der Waals surface area (Å²) in [6.07, 6.45) is 5.91. The number of piperidine rings is 1. The molecule has 6 nitrogen and oxygen atoms in total. The zero-order valence-electron chi connectivity index (χ0n) is 17.6. The summed E-state index contributed by atoms with van der Waals surface area (Å²) in [6, 6.07) is 13.9. The van der Waals surface area contributed by atoms with Crippen LogP contribution in [0.3, 0.4) is 0 Å². The molecule has 3 aromatic rings. The van der Waals surface area contributed by atoms with E-state index < -0.39 is 0 Å². The number of benzene rings is 1. The molecule has 1 fully saturated rings. The first-order valence-corrected chi connectivity index (χ1v) is 11.4. The maximum Gasteiger partial charge on any atom is 0.265 e. The molecule has 31 heavy (non-hydrogen) atoms. The van der Waals surface area contributed by atoms with Gasteiger partial charge in [0.25, 0.3) is 5.91 Å². The average Bonchev–Trinajstić information content (AvgIpc) is 3.21. The number of thiazole rings is 1. The summed E-state index contributed by atoms with van der Waals surface area (Å²) in [5.74, 6) is -0.170. The summed E-state index contributed by atoms with van der Waals surface area (Å²) < 4.78 is 0. The number of hydrogen-bond acceptors (Lipinski definition) is 5. The van der Waals surface area contributed by atoms with Crippen LogP contribution in [-0.2, 0) is 11.2 Å². The molecule has 1 saturated heterocycles. The van der Waals surface area contributed by atoms with Crippen molar-refractivity contribution in [3.8, 4) is 10.6 Å². The third kappa shape index (κ3) is 5.17. The lowest BCUT2D eigenvalue weighted by Crippen LogP contribution is -2.45. The third-order valence-corrected chi connectivity index (χ3v) is 6.73. The quantitative estimate of drug-likeness (QED) is 0.642. The second kappa shape index (κ2) is 9.83. The maximum absolute atomic E-state index is 13.2. The van der Waals surface area contributed by atoms with Crippen LogP contribution >= 0.6 is 11.3 Å². The molecule has 7 heteroatoms. The standard InChI is InChI=1S/C24H26N4O2S/c1-17-21(31-23(27-17)19-9-5-12-25-15-19)24(30)28-14-6-10-20(16-28)22(29)26-13-11-18-7-3-2-4-8-18/h2-5,7-9,12,15,20H,6,10-11,13-14,16H2,1H3,(H,26,29). The van der Waals surface area contributed by atoms with E-state index in [9.17, 15) is 9.59 Å². The summed E-state index contributed by atoms with van der Waals surface area (Å²) in [5.41, 5.74) is 2.83. The lowest BCUT2D eigenvalue weighted by atomic mass is 9.96. The highest BCUT2D eigenvalue weighted by molar-refractivity contribution is 7.17. The molecule has 4 rings (SSSR count). The molecule has 1 aliphatic heterocycles. The molecule has 1 aliphatic rings. The van der Waals surface area contributed by atoms with Crippen LogP contribution < -0.4 is 5.32 Å². The largest absolute Gasteiger partial charge is 0.355 e. The first kappa shape index (κ1) is 21.2. The lowest BCUT2D eigenvalue weighted by molar-refractivity contribution is -0.126. The Morgan fingerprint density at radius 3 is 2.81 bits per heavy atom. The first-order chi connectivity index (χ1) is 15.1. The summed E-state index contributed by atoms with van der Waals surface area (Å²) in [7, 11) is 0. The molecule has 1 atom stereocenters. The van der Waals surface area contributed by atoms with Gasteiger partial charge in [0.15, 0.2) is 0 Å². The van der Waals surface area contributed by atoms with Gasteiger partial charge in [-0.2, -0.15) is 0 Å². The molecule has 2 amide bonds. The number of amides is 2. The Balaban J connectivity index is 1.36. The molecular formula is C24H26N4O2S. The van der Waals surface area contributed by atoms with Crippen LogP contribution in [0.2, 0.25) is 0 Å². The topological polar surface area (TPSA) is 75.2 Å². The van der Waals surface area contributed by atoms with E-state index in [0.29, 0.717) is 24.5 Å². The monoisotopic (exact) mass is 434 g/mol. The molecule has 0 radical (unpaired) electrons. The summed E-state index contributed by atoms with van der Waals surface area (Å²) in [4.78, 5) is 37.0. The van der Waals surface area contributed by atoms with Crippen LogP contribution in [-0.4, -0.2) is 46.3 Å². The second-order valence-electron chi connectivity index (χ2n) is 7.79. The molecule has 2 aromatic heterocycles. The first-order valence-electron chi connectivity index (χ1n) is 10.6. The number of aromatic nitrogens is 2. The fourth-order valence-corrected chi connectivity index (χ4v) is 4.87. The average molecular weight is 435 g/mol. The van der Waals surface area contributed by atoms with Crippen molar-refractivity contribution in [2.45, 2.75) is 26.2 Å². The fourth-order valence-electron chi connectivity index (χ4n) is 3.85. The van der Waals surface area contributed by atoms with E-state index >= 15 is 0 Å². The fraction of sp³-hybridized carbons (Fsp3) is 0.333. The zero-order valence-corrected chi connectivity index (χ0v) is 18.4. The molecule has 0 saturated carbocycles. The molecular weight excluding hydrogens is 408 g/mol. The lowest BCUT2D eigenvalue weighted by Gasteiger charge is -2.31. The van der Waals surface area contributed by atoms with Crippen molar-refractivity contribution in [2.75, 3.05) is 19.6 Å². The van der Waals surface area contributed by atoms with Crippen molar-refractivity contribution in [2.24, 2.45) is 5.92 Å². The maximum atomic E-state index is 13.2. The number of pyridine rings is 1. The Kier molecular flexibility index (Phi) is 6.72. The van der Waals surface area contributed by atoms with Gasteiger partial charge >= 0.3 is 0 Å². The Morgan fingerprint density at radius 1 is 1.19 bits per heavy atom. The van der Waals surface area contributed by atoms with E-state index in [0.717, 1.165) is 35.5 Å². The normalized spacial score (nSPS) is 16.2. The van der Waals surface area contributed by atoms with E-state index in [4.69, 9.17) is 0 Å². The number of hydrogen-bond donors (Lipinski definition) is 1. The van der Waals surface area contributed by atoms with Crippen molar-refractivity contribution in [1.82, 2.24) is 20.2 Å². The van der Waals surface area contributed by atoms with Crippen LogP contribution in [0.4, 0.5) is 0 Å². The van der Waals surface area contributed by atoms with Crippen LogP contribution in [0.1, 0.15) is 33.8 Å². The molecule has 0 spiro atoms. The Morgan fingerprint density at radius 2 is 2.03 bits per heavy atom. The van der Waals surface area contributed by atoms with Gasteiger partial charge in [0.2, 0.25) is 5.91 Å². The van der Waals surface area contributed by atoms with Gasteiger partial charge in [0.1, 0.15) is 9.88 Å². The van der Waals surface area contributed by atoms with Gasteiger partial charge in [-0.15, -0.1) is 11.3 Å². The van der Waals surface area contributed by atoms with E-state index in [1.54, 1.807) is 17.3 Å². The summed E-state index contributed by atoms with van der Waals surface area (Å²) >= 11 is 1.39. The van der Waals surface area contributed by atoms with Gasteiger partial charge < -0.3 is 10.2 Å². The highest BCUT2D eigenvalue weighted by Gasteiger charge is 2.30. The van der Waals surface area contributed by atoms with Crippen molar-refractivity contribution in [3.63, 3.8) is 0 Å².